The molecule has 7 heteroatoms. The van der Waals surface area contributed by atoms with Gasteiger partial charge in [0.25, 0.3) is 0 Å². The Morgan fingerprint density at radius 3 is 2.14 bits per heavy atom. The van der Waals surface area contributed by atoms with Crippen molar-refractivity contribution in [3.05, 3.63) is 70.8 Å². The van der Waals surface area contributed by atoms with Crippen molar-refractivity contribution >= 4 is 17.9 Å². The van der Waals surface area contributed by atoms with E-state index in [1.54, 1.807) is 25.7 Å². The van der Waals surface area contributed by atoms with Gasteiger partial charge in [-0.05, 0) is 76.6 Å². The number of aryl methyl sites for hydroxylation is 1. The van der Waals surface area contributed by atoms with E-state index in [2.05, 4.69) is 24.5 Å². The number of hydrogen-bond acceptors (Lipinski definition) is 4. The van der Waals surface area contributed by atoms with Crippen LogP contribution in [0.2, 0.25) is 0 Å². The largest absolute Gasteiger partial charge is 0.444 e. The Bertz CT molecular complexity index is 1180. The van der Waals surface area contributed by atoms with E-state index < -0.39 is 23.8 Å². The van der Waals surface area contributed by atoms with Gasteiger partial charge in [-0.2, -0.15) is 0 Å². The third kappa shape index (κ3) is 12.3. The maximum absolute atomic E-state index is 14.7. The lowest BCUT2D eigenvalue weighted by Crippen LogP contribution is -2.54. The van der Waals surface area contributed by atoms with Crippen LogP contribution in [0.15, 0.2) is 48.5 Å². The summed E-state index contributed by atoms with van der Waals surface area (Å²) in [4.78, 5) is 43.7. The van der Waals surface area contributed by atoms with Crippen molar-refractivity contribution in [2.45, 2.75) is 137 Å². The Labute approximate surface area is 266 Å². The molecule has 0 aromatic heterocycles. The number of nitrogens with zero attached hydrogens (tertiary/aromatic N) is 1. The molecule has 2 rings (SSSR count). The number of nitrogens with one attached hydrogen (secondary N) is 2. The molecule has 0 heterocycles. The molecule has 3 unspecified atom stereocenters. The number of hydrogen-bond donors (Lipinski definition) is 2. The molecule has 0 fully saturated rings. The van der Waals surface area contributed by atoms with Gasteiger partial charge in [0, 0.05) is 19.0 Å². The summed E-state index contributed by atoms with van der Waals surface area (Å²) in [7, 11) is 0. The fourth-order valence-electron chi connectivity index (χ4n) is 5.48. The highest BCUT2D eigenvalue weighted by molar-refractivity contribution is 5.92. The van der Waals surface area contributed by atoms with Gasteiger partial charge in [-0.1, -0.05) is 101 Å². The van der Waals surface area contributed by atoms with Crippen LogP contribution in [0.5, 0.6) is 0 Å². The SMILES string of the molecule is CCCCCCCCN(C(=O)C(Cc1ccccc1)NC(=O)OC(C)(C)C)C(C(=O)NC(C)CCC)c1cccc(C)c1C. The molecule has 0 spiro atoms. The Balaban J connectivity index is 2.58. The molecule has 3 atom stereocenters. The van der Waals surface area contributed by atoms with Crippen molar-refractivity contribution in [1.29, 1.82) is 0 Å². The van der Waals surface area contributed by atoms with Gasteiger partial charge < -0.3 is 20.3 Å². The minimum Gasteiger partial charge on any atom is -0.444 e. The summed E-state index contributed by atoms with van der Waals surface area (Å²) in [5.74, 6) is -0.493. The van der Waals surface area contributed by atoms with Crippen molar-refractivity contribution in [2.75, 3.05) is 6.54 Å². The van der Waals surface area contributed by atoms with Crippen LogP contribution in [0.1, 0.15) is 121 Å². The summed E-state index contributed by atoms with van der Waals surface area (Å²) in [6.07, 6.45) is 7.69. The summed E-state index contributed by atoms with van der Waals surface area (Å²) in [5, 5.41) is 6.06. The topological polar surface area (TPSA) is 87.7 Å². The van der Waals surface area contributed by atoms with Gasteiger partial charge in [0.15, 0.2) is 0 Å². The first-order valence-electron chi connectivity index (χ1n) is 16.6. The van der Waals surface area contributed by atoms with Crippen molar-refractivity contribution in [2.24, 2.45) is 0 Å². The van der Waals surface area contributed by atoms with E-state index in [0.717, 1.165) is 67.2 Å². The number of amides is 3. The summed E-state index contributed by atoms with van der Waals surface area (Å²) in [5.41, 5.74) is 3.03. The van der Waals surface area contributed by atoms with Gasteiger partial charge >= 0.3 is 6.09 Å². The zero-order chi connectivity index (χ0) is 32.7. The summed E-state index contributed by atoms with van der Waals surface area (Å²) < 4.78 is 5.58. The van der Waals surface area contributed by atoms with Crippen LogP contribution in [0.3, 0.4) is 0 Å². The second-order valence-corrected chi connectivity index (χ2v) is 13.1. The Kier molecular flexibility index (Phi) is 15.5. The van der Waals surface area contributed by atoms with E-state index in [-0.39, 0.29) is 24.3 Å². The smallest absolute Gasteiger partial charge is 0.408 e. The summed E-state index contributed by atoms with van der Waals surface area (Å²) >= 11 is 0. The van der Waals surface area contributed by atoms with Crippen molar-refractivity contribution in [3.8, 4) is 0 Å². The van der Waals surface area contributed by atoms with Crippen molar-refractivity contribution in [1.82, 2.24) is 15.5 Å². The number of benzene rings is 2. The lowest BCUT2D eigenvalue weighted by Gasteiger charge is -2.36. The molecule has 0 radical (unpaired) electrons. The van der Waals surface area contributed by atoms with Crippen LogP contribution < -0.4 is 10.6 Å². The Hall–Kier alpha value is -3.35. The molecule has 2 N–H and O–H groups in total. The van der Waals surface area contributed by atoms with Gasteiger partial charge in [0.05, 0.1) is 0 Å². The zero-order valence-corrected chi connectivity index (χ0v) is 28.5. The molecule has 7 nitrogen and oxygen atoms in total. The highest BCUT2D eigenvalue weighted by Gasteiger charge is 2.37. The molecule has 3 amide bonds. The first kappa shape index (κ1) is 36.8. The first-order chi connectivity index (χ1) is 20.9. The van der Waals surface area contributed by atoms with E-state index in [9.17, 15) is 14.4 Å². The second kappa shape index (κ2) is 18.5. The predicted octanol–water partition coefficient (Wildman–Crippen LogP) is 7.97. The Morgan fingerprint density at radius 1 is 0.841 bits per heavy atom. The summed E-state index contributed by atoms with van der Waals surface area (Å²) in [6, 6.07) is 13.8. The number of unbranched alkanes of at least 4 members (excludes halogenated alkanes) is 5. The van der Waals surface area contributed by atoms with Crippen LogP contribution in [-0.2, 0) is 20.7 Å². The first-order valence-corrected chi connectivity index (χ1v) is 16.6. The standard InChI is InChI=1S/C37H57N3O4/c1-9-11-12-13-14-18-25-40(33(34(41)38-28(4)20-10-2)31-24-19-21-27(3)29(31)5)35(42)32(26-30-22-16-15-17-23-30)39-36(43)44-37(6,7)8/h15-17,19,21-24,28,32-33H,9-14,18,20,25-26H2,1-8H3,(H,38,41)(H,39,43). The number of ether oxygens (including phenoxy) is 1. The molecule has 44 heavy (non-hydrogen) atoms. The molecular formula is C37H57N3O4. The Morgan fingerprint density at radius 2 is 1.50 bits per heavy atom. The average Bonchev–Trinajstić information content (AvgIpc) is 2.95. The van der Waals surface area contributed by atoms with E-state index in [4.69, 9.17) is 4.74 Å². The lowest BCUT2D eigenvalue weighted by molar-refractivity contribution is -0.142. The predicted molar refractivity (Wildman–Crippen MR) is 180 cm³/mol. The monoisotopic (exact) mass is 607 g/mol. The molecule has 2 aromatic rings. The van der Waals surface area contributed by atoms with E-state index in [0.29, 0.717) is 6.54 Å². The van der Waals surface area contributed by atoms with Gasteiger partial charge in [0.1, 0.15) is 17.7 Å². The van der Waals surface area contributed by atoms with Crippen LogP contribution in [-0.4, -0.2) is 47.0 Å². The maximum atomic E-state index is 14.7. The van der Waals surface area contributed by atoms with Gasteiger partial charge in [0.2, 0.25) is 11.8 Å². The average molecular weight is 608 g/mol. The number of alkyl carbamates (subject to hydrolysis) is 1. The summed E-state index contributed by atoms with van der Waals surface area (Å²) in [6.45, 7) is 16.1. The molecule has 0 aliphatic rings. The third-order valence-corrected chi connectivity index (χ3v) is 7.92. The second-order valence-electron chi connectivity index (χ2n) is 13.1. The number of carbonyl (C=O) groups is 3. The molecule has 0 bridgehead atoms. The van der Waals surface area contributed by atoms with Crippen LogP contribution in [0.25, 0.3) is 0 Å². The molecule has 2 aromatic carbocycles. The van der Waals surface area contributed by atoms with Gasteiger partial charge in [-0.15, -0.1) is 0 Å². The highest BCUT2D eigenvalue weighted by Crippen LogP contribution is 2.29. The van der Waals surface area contributed by atoms with E-state index in [1.165, 1.54) is 6.42 Å². The third-order valence-electron chi connectivity index (χ3n) is 7.92. The quantitative estimate of drug-likeness (QED) is 0.179. The molecule has 0 aliphatic heterocycles. The highest BCUT2D eigenvalue weighted by atomic mass is 16.6. The van der Waals surface area contributed by atoms with E-state index in [1.807, 2.05) is 69.3 Å². The number of carbonyl (C=O) groups excluding carboxylic acids is 3. The molecule has 0 aliphatic carbocycles. The van der Waals surface area contributed by atoms with Gasteiger partial charge in [-0.3, -0.25) is 9.59 Å². The van der Waals surface area contributed by atoms with E-state index >= 15 is 0 Å². The van der Waals surface area contributed by atoms with Crippen LogP contribution >= 0.6 is 0 Å². The minimum absolute atomic E-state index is 0.0360. The van der Waals surface area contributed by atoms with Crippen molar-refractivity contribution in [3.63, 3.8) is 0 Å². The molecule has 0 saturated heterocycles. The molecule has 244 valence electrons. The fraction of sp³-hybridized carbons (Fsp3) is 0.595. The molecular weight excluding hydrogens is 550 g/mol. The maximum Gasteiger partial charge on any atom is 0.408 e. The number of rotatable bonds is 17. The van der Waals surface area contributed by atoms with Crippen LogP contribution in [0, 0.1) is 13.8 Å². The van der Waals surface area contributed by atoms with Gasteiger partial charge in [-0.25, -0.2) is 4.79 Å². The lowest BCUT2D eigenvalue weighted by atomic mass is 9.94. The molecule has 0 saturated carbocycles. The van der Waals surface area contributed by atoms with Crippen LogP contribution in [0.4, 0.5) is 4.79 Å². The van der Waals surface area contributed by atoms with Crippen molar-refractivity contribution < 1.29 is 19.1 Å². The zero-order valence-electron chi connectivity index (χ0n) is 28.5. The minimum atomic E-state index is -0.916. The fourth-order valence-corrected chi connectivity index (χ4v) is 5.48. The normalized spacial score (nSPS) is 13.5.